The highest BCUT2D eigenvalue weighted by Gasteiger charge is 2.34. The van der Waals surface area contributed by atoms with Crippen LogP contribution in [0, 0.1) is 5.82 Å². The van der Waals surface area contributed by atoms with Gasteiger partial charge in [-0.15, -0.1) is 0 Å². The van der Waals surface area contributed by atoms with Gasteiger partial charge in [0.2, 0.25) is 0 Å². The molecule has 0 saturated carbocycles. The minimum absolute atomic E-state index is 0.0867. The van der Waals surface area contributed by atoms with Crippen LogP contribution in [-0.4, -0.2) is 19.6 Å². The van der Waals surface area contributed by atoms with Crippen molar-refractivity contribution in [3.05, 3.63) is 29.1 Å². The number of benzene rings is 1. The van der Waals surface area contributed by atoms with Crippen LogP contribution in [0.25, 0.3) is 0 Å². The van der Waals surface area contributed by atoms with Crippen molar-refractivity contribution >= 4 is 5.69 Å². The molecule has 2 rings (SSSR count). The summed E-state index contributed by atoms with van der Waals surface area (Å²) in [4.78, 5) is 2.20. The summed E-state index contributed by atoms with van der Waals surface area (Å²) in [5.41, 5.74) is 3.15. The molecule has 1 aromatic carbocycles. The van der Waals surface area contributed by atoms with Crippen LogP contribution in [-0.2, 0) is 6.54 Å². The summed E-state index contributed by atoms with van der Waals surface area (Å²) < 4.78 is 14.1. The van der Waals surface area contributed by atoms with E-state index in [9.17, 15) is 4.39 Å². The summed E-state index contributed by atoms with van der Waals surface area (Å²) in [6.45, 7) is 7.24. The molecule has 0 amide bonds. The quantitative estimate of drug-likeness (QED) is 0.866. The van der Waals surface area contributed by atoms with E-state index in [1.165, 1.54) is 5.56 Å². The largest absolute Gasteiger partial charge is 0.369 e. The van der Waals surface area contributed by atoms with E-state index in [0.717, 1.165) is 17.7 Å². The number of fused-ring (bicyclic) bond motifs is 1. The Kier molecular flexibility index (Phi) is 3.37. The summed E-state index contributed by atoms with van der Waals surface area (Å²) in [5, 5.41) is 3.02. The zero-order valence-corrected chi connectivity index (χ0v) is 12.0. The van der Waals surface area contributed by atoms with E-state index in [-0.39, 0.29) is 11.4 Å². The molecule has 1 N–H and O–H groups in total. The van der Waals surface area contributed by atoms with Crippen molar-refractivity contribution in [2.75, 3.05) is 19.0 Å². The Morgan fingerprint density at radius 2 is 2.11 bits per heavy atom. The van der Waals surface area contributed by atoms with Gasteiger partial charge < -0.3 is 10.2 Å². The maximum absolute atomic E-state index is 14.1. The Morgan fingerprint density at radius 1 is 1.44 bits per heavy atom. The molecule has 100 valence electrons. The highest BCUT2D eigenvalue weighted by molar-refractivity contribution is 5.60. The van der Waals surface area contributed by atoms with E-state index in [1.54, 1.807) is 6.07 Å². The molecule has 1 atom stereocenters. The van der Waals surface area contributed by atoms with E-state index >= 15 is 0 Å². The first-order valence-electron chi connectivity index (χ1n) is 6.57. The Morgan fingerprint density at radius 3 is 2.72 bits per heavy atom. The molecule has 0 aliphatic carbocycles. The second kappa shape index (κ2) is 4.54. The van der Waals surface area contributed by atoms with Crippen LogP contribution in [0.15, 0.2) is 12.1 Å². The number of halogens is 1. The topological polar surface area (TPSA) is 15.3 Å². The highest BCUT2D eigenvalue weighted by atomic mass is 19.1. The van der Waals surface area contributed by atoms with E-state index in [0.29, 0.717) is 12.5 Å². The molecule has 0 fully saturated rings. The summed E-state index contributed by atoms with van der Waals surface area (Å²) in [7, 11) is 3.90. The first-order valence-corrected chi connectivity index (χ1v) is 6.57. The molecular formula is C15H23FN2. The molecule has 1 heterocycles. The molecule has 2 nitrogen and oxygen atoms in total. The third kappa shape index (κ3) is 2.12. The van der Waals surface area contributed by atoms with Crippen LogP contribution in [0.3, 0.4) is 0 Å². The summed E-state index contributed by atoms with van der Waals surface area (Å²) in [5.74, 6) is 0.363. The van der Waals surface area contributed by atoms with Crippen LogP contribution in [0.4, 0.5) is 10.1 Å². The average molecular weight is 250 g/mol. The SMILES string of the molecule is CNCc1cc2c(cc1F)N(C)C(C)(C)C[C@@H]2C. The van der Waals surface area contributed by atoms with Crippen LogP contribution in [0.5, 0.6) is 0 Å². The molecule has 1 aromatic rings. The molecule has 0 saturated heterocycles. The Labute approximate surface area is 109 Å². The summed E-state index contributed by atoms with van der Waals surface area (Å²) >= 11 is 0. The lowest BCUT2D eigenvalue weighted by Crippen LogP contribution is -2.45. The highest BCUT2D eigenvalue weighted by Crippen LogP contribution is 2.43. The van der Waals surface area contributed by atoms with Gasteiger partial charge in [0.25, 0.3) is 0 Å². The molecule has 0 bridgehead atoms. The van der Waals surface area contributed by atoms with Crippen molar-refractivity contribution in [3.8, 4) is 0 Å². The second-order valence-electron chi connectivity index (χ2n) is 6.01. The van der Waals surface area contributed by atoms with Gasteiger partial charge in [-0.05, 0) is 50.9 Å². The number of hydrogen-bond donors (Lipinski definition) is 1. The van der Waals surface area contributed by atoms with Gasteiger partial charge in [0, 0.05) is 30.4 Å². The van der Waals surface area contributed by atoms with Crippen LogP contribution < -0.4 is 10.2 Å². The molecule has 0 unspecified atom stereocenters. The lowest BCUT2D eigenvalue weighted by Gasteiger charge is -2.45. The van der Waals surface area contributed by atoms with Crippen LogP contribution >= 0.6 is 0 Å². The third-order valence-corrected chi connectivity index (χ3v) is 4.17. The number of hydrogen-bond acceptors (Lipinski definition) is 2. The van der Waals surface area contributed by atoms with E-state index in [2.05, 4.69) is 38.0 Å². The third-order valence-electron chi connectivity index (χ3n) is 4.17. The van der Waals surface area contributed by atoms with E-state index in [4.69, 9.17) is 0 Å². The van der Waals surface area contributed by atoms with Crippen molar-refractivity contribution in [3.63, 3.8) is 0 Å². The molecule has 0 radical (unpaired) electrons. The Bertz CT molecular complexity index is 454. The number of nitrogens with zero attached hydrogens (tertiary/aromatic N) is 1. The van der Waals surface area contributed by atoms with Gasteiger partial charge in [0.05, 0.1) is 0 Å². The fourth-order valence-corrected chi connectivity index (χ4v) is 2.96. The van der Waals surface area contributed by atoms with Gasteiger partial charge in [-0.3, -0.25) is 0 Å². The van der Waals surface area contributed by atoms with Crippen molar-refractivity contribution < 1.29 is 4.39 Å². The number of nitrogens with one attached hydrogen (secondary N) is 1. The van der Waals surface area contributed by atoms with Crippen LogP contribution in [0.2, 0.25) is 0 Å². The summed E-state index contributed by atoms with van der Waals surface area (Å²) in [6, 6.07) is 3.72. The monoisotopic (exact) mass is 250 g/mol. The van der Waals surface area contributed by atoms with Gasteiger partial charge in [0.1, 0.15) is 5.82 Å². The number of anilines is 1. The molecule has 1 aliphatic heterocycles. The van der Waals surface area contributed by atoms with E-state index in [1.807, 2.05) is 13.1 Å². The fourth-order valence-electron chi connectivity index (χ4n) is 2.96. The van der Waals surface area contributed by atoms with E-state index < -0.39 is 0 Å². The maximum Gasteiger partial charge on any atom is 0.129 e. The minimum Gasteiger partial charge on any atom is -0.369 e. The lowest BCUT2D eigenvalue weighted by atomic mass is 9.80. The normalized spacial score (nSPS) is 21.9. The zero-order valence-electron chi connectivity index (χ0n) is 12.0. The molecule has 18 heavy (non-hydrogen) atoms. The molecule has 1 aliphatic rings. The fraction of sp³-hybridized carbons (Fsp3) is 0.600. The van der Waals surface area contributed by atoms with Crippen molar-refractivity contribution in [2.24, 2.45) is 0 Å². The average Bonchev–Trinajstić information content (AvgIpc) is 2.28. The van der Waals surface area contributed by atoms with Gasteiger partial charge in [-0.1, -0.05) is 6.92 Å². The van der Waals surface area contributed by atoms with Crippen molar-refractivity contribution in [1.29, 1.82) is 0 Å². The van der Waals surface area contributed by atoms with Crippen LogP contribution in [0.1, 0.15) is 44.2 Å². The Balaban J connectivity index is 2.51. The standard InChI is InChI=1S/C15H23FN2/c1-10-8-15(2,3)18(5)14-7-13(16)11(9-17-4)6-12(10)14/h6-7,10,17H,8-9H2,1-5H3/t10-/m0/s1. The predicted molar refractivity (Wildman–Crippen MR) is 74.7 cm³/mol. The van der Waals surface area contributed by atoms with Gasteiger partial charge in [-0.25, -0.2) is 4.39 Å². The molecule has 3 heteroatoms. The van der Waals surface area contributed by atoms with Crippen molar-refractivity contribution in [2.45, 2.75) is 45.2 Å². The maximum atomic E-state index is 14.1. The predicted octanol–water partition coefficient (Wildman–Crippen LogP) is 3.27. The van der Waals surface area contributed by atoms with Gasteiger partial charge in [-0.2, -0.15) is 0 Å². The van der Waals surface area contributed by atoms with Gasteiger partial charge in [0.15, 0.2) is 0 Å². The summed E-state index contributed by atoms with van der Waals surface area (Å²) in [6.07, 6.45) is 1.10. The second-order valence-corrected chi connectivity index (χ2v) is 6.01. The smallest absolute Gasteiger partial charge is 0.129 e. The molecule has 0 spiro atoms. The molecule has 0 aromatic heterocycles. The van der Waals surface area contributed by atoms with Gasteiger partial charge >= 0.3 is 0 Å². The van der Waals surface area contributed by atoms with Crippen molar-refractivity contribution in [1.82, 2.24) is 5.32 Å². The zero-order chi connectivity index (χ0) is 13.5. The lowest BCUT2D eigenvalue weighted by molar-refractivity contribution is 0.393. The first kappa shape index (κ1) is 13.3. The Hall–Kier alpha value is -1.09. The molecular weight excluding hydrogens is 227 g/mol. The minimum atomic E-state index is -0.111. The number of rotatable bonds is 2. The first-order chi connectivity index (χ1) is 8.36.